The lowest BCUT2D eigenvalue weighted by molar-refractivity contribution is -0.159. The highest BCUT2D eigenvalue weighted by molar-refractivity contribution is 7.53. The van der Waals surface area contributed by atoms with Gasteiger partial charge in [0.2, 0.25) is 0 Å². The van der Waals surface area contributed by atoms with Crippen LogP contribution in [-0.2, 0) is 43.6 Å². The van der Waals surface area contributed by atoms with Gasteiger partial charge in [-0.15, -0.1) is 0 Å². The number of esters is 2. The number of hydrogen-bond acceptors (Lipinski definition) is 9. The van der Waals surface area contributed by atoms with Crippen LogP contribution in [0.2, 0.25) is 0 Å². The molecule has 1 aromatic carbocycles. The molecule has 11 nitrogen and oxygen atoms in total. The van der Waals surface area contributed by atoms with Crippen LogP contribution in [0.15, 0.2) is 24.3 Å². The van der Waals surface area contributed by atoms with Gasteiger partial charge in [-0.05, 0) is 45.4 Å². The largest absolute Gasteiger partial charge is 0.480 e. The Morgan fingerprint density at radius 1 is 0.912 bits per heavy atom. The van der Waals surface area contributed by atoms with Gasteiger partial charge < -0.3 is 28.9 Å². The van der Waals surface area contributed by atoms with E-state index < -0.39 is 49.8 Å². The fourth-order valence-electron chi connectivity index (χ4n) is 3.05. The molecule has 0 bridgehead atoms. The van der Waals surface area contributed by atoms with Gasteiger partial charge in [-0.25, -0.2) is 4.79 Å². The van der Waals surface area contributed by atoms with E-state index in [1.165, 1.54) is 31.2 Å². The van der Waals surface area contributed by atoms with Gasteiger partial charge in [-0.3, -0.25) is 18.9 Å². The van der Waals surface area contributed by atoms with Crippen molar-refractivity contribution in [3.63, 3.8) is 0 Å². The SMILES string of the molecule is CCOC(=O)C[C@@H](C(=O)OCC)[C@@H](NC(=O)c1ccc(CP(=O)(OCC)OCC)cc1)C(=O)O. The van der Waals surface area contributed by atoms with Gasteiger partial charge in [0.1, 0.15) is 6.04 Å². The van der Waals surface area contributed by atoms with Gasteiger partial charge in [0.05, 0.1) is 44.9 Å². The molecule has 1 amide bonds. The Bertz CT molecular complexity index is 876. The molecule has 2 atom stereocenters. The number of hydrogen-bond donors (Lipinski definition) is 2. The van der Waals surface area contributed by atoms with Crippen molar-refractivity contribution in [2.24, 2.45) is 5.92 Å². The van der Waals surface area contributed by atoms with Crippen LogP contribution in [0.5, 0.6) is 0 Å². The molecule has 190 valence electrons. The van der Waals surface area contributed by atoms with E-state index in [2.05, 4.69) is 5.32 Å². The number of nitrogens with one attached hydrogen (secondary N) is 1. The molecule has 1 aromatic rings. The monoisotopic (exact) mass is 501 g/mol. The van der Waals surface area contributed by atoms with Crippen molar-refractivity contribution in [2.45, 2.75) is 46.3 Å². The first-order chi connectivity index (χ1) is 16.1. The third-order valence-corrected chi connectivity index (χ3v) is 6.54. The molecule has 0 aliphatic heterocycles. The standard InChI is InChI=1S/C22H32NO10P/c1-5-30-18(24)13-17(22(28)31-6-2)19(21(26)27)23-20(25)16-11-9-15(10-12-16)14-34(29,32-7-3)33-8-4/h9-12,17,19H,5-8,13-14H2,1-4H3,(H,23,25)(H,26,27)/t17-,19-/m1/s1. The minimum atomic E-state index is -3.34. The van der Waals surface area contributed by atoms with E-state index in [0.29, 0.717) is 5.56 Å². The first-order valence-electron chi connectivity index (χ1n) is 10.9. The van der Waals surface area contributed by atoms with Crippen LogP contribution in [-0.4, -0.2) is 61.4 Å². The van der Waals surface area contributed by atoms with Crippen molar-refractivity contribution in [1.29, 1.82) is 0 Å². The van der Waals surface area contributed by atoms with E-state index >= 15 is 0 Å². The average Bonchev–Trinajstić information content (AvgIpc) is 2.76. The number of carbonyl (C=O) groups excluding carboxylic acids is 3. The van der Waals surface area contributed by atoms with Crippen LogP contribution in [0, 0.1) is 5.92 Å². The Labute approximate surface area is 198 Å². The lowest BCUT2D eigenvalue weighted by Crippen LogP contribution is -2.49. The zero-order chi connectivity index (χ0) is 25.7. The molecular weight excluding hydrogens is 469 g/mol. The molecule has 0 aliphatic carbocycles. The van der Waals surface area contributed by atoms with E-state index in [1.54, 1.807) is 20.8 Å². The minimum absolute atomic E-state index is 0.00119. The second-order valence-electron chi connectivity index (χ2n) is 6.96. The van der Waals surface area contributed by atoms with E-state index in [9.17, 15) is 28.8 Å². The number of carboxylic acids is 1. The predicted molar refractivity (Wildman–Crippen MR) is 121 cm³/mol. The van der Waals surface area contributed by atoms with Crippen LogP contribution < -0.4 is 5.32 Å². The number of amides is 1. The molecule has 0 saturated carbocycles. The molecule has 0 saturated heterocycles. The van der Waals surface area contributed by atoms with E-state index in [-0.39, 0.29) is 38.2 Å². The molecule has 0 aromatic heterocycles. The molecular formula is C22H32NO10P. The van der Waals surface area contributed by atoms with E-state index in [1.807, 2.05) is 0 Å². The summed E-state index contributed by atoms with van der Waals surface area (Å²) in [5, 5.41) is 11.9. The predicted octanol–water partition coefficient (Wildman–Crippen LogP) is 2.77. The van der Waals surface area contributed by atoms with Crippen molar-refractivity contribution in [1.82, 2.24) is 5.32 Å². The van der Waals surface area contributed by atoms with E-state index in [4.69, 9.17) is 18.5 Å². The Kier molecular flexibility index (Phi) is 12.5. The topological polar surface area (TPSA) is 155 Å². The molecule has 0 fully saturated rings. The van der Waals surface area contributed by atoms with Crippen LogP contribution in [0.4, 0.5) is 0 Å². The summed E-state index contributed by atoms with van der Waals surface area (Å²) in [6.07, 6.45) is -0.578. The second-order valence-corrected chi connectivity index (χ2v) is 9.01. The molecule has 0 heterocycles. The van der Waals surface area contributed by atoms with Gasteiger partial charge >= 0.3 is 25.5 Å². The summed E-state index contributed by atoms with van der Waals surface area (Å²) < 4.78 is 32.9. The summed E-state index contributed by atoms with van der Waals surface area (Å²) in [6, 6.07) is 4.17. The summed E-state index contributed by atoms with van der Waals surface area (Å²) in [5.74, 6) is -5.51. The minimum Gasteiger partial charge on any atom is -0.480 e. The number of aliphatic carboxylic acids is 1. The fourth-order valence-corrected chi connectivity index (χ4v) is 4.75. The molecule has 0 radical (unpaired) electrons. The number of benzene rings is 1. The normalized spacial score (nSPS) is 12.9. The highest BCUT2D eigenvalue weighted by Gasteiger charge is 2.38. The summed E-state index contributed by atoms with van der Waals surface area (Å²) in [6.45, 7) is 6.93. The van der Waals surface area contributed by atoms with Crippen molar-refractivity contribution < 1.29 is 47.4 Å². The maximum absolute atomic E-state index is 12.7. The highest BCUT2D eigenvalue weighted by atomic mass is 31.2. The summed E-state index contributed by atoms with van der Waals surface area (Å²) in [5.41, 5.74) is 0.680. The average molecular weight is 501 g/mol. The molecule has 0 aliphatic rings. The molecule has 12 heteroatoms. The molecule has 0 unspecified atom stereocenters. The van der Waals surface area contributed by atoms with Gasteiger partial charge in [-0.1, -0.05) is 12.1 Å². The Balaban J connectivity index is 3.05. The van der Waals surface area contributed by atoms with Gasteiger partial charge in [-0.2, -0.15) is 0 Å². The van der Waals surface area contributed by atoms with Crippen LogP contribution in [0.3, 0.4) is 0 Å². The van der Waals surface area contributed by atoms with Crippen molar-refractivity contribution >= 4 is 31.4 Å². The molecule has 0 spiro atoms. The first kappa shape index (κ1) is 29.3. The maximum atomic E-state index is 12.7. The summed E-state index contributed by atoms with van der Waals surface area (Å²) in [4.78, 5) is 48.8. The number of carbonyl (C=O) groups is 4. The smallest absolute Gasteiger partial charge is 0.335 e. The van der Waals surface area contributed by atoms with Gasteiger partial charge in [0.25, 0.3) is 5.91 Å². The summed E-state index contributed by atoms with van der Waals surface area (Å²) in [7, 11) is -3.34. The second kappa shape index (κ2) is 14.5. The summed E-state index contributed by atoms with van der Waals surface area (Å²) >= 11 is 0. The number of ether oxygens (including phenoxy) is 2. The van der Waals surface area contributed by atoms with Gasteiger partial charge in [0.15, 0.2) is 0 Å². The fraction of sp³-hybridized carbons (Fsp3) is 0.545. The van der Waals surface area contributed by atoms with Crippen LogP contribution in [0.1, 0.15) is 50.0 Å². The van der Waals surface area contributed by atoms with Crippen molar-refractivity contribution in [3.8, 4) is 0 Å². The molecule has 2 N–H and O–H groups in total. The third kappa shape index (κ3) is 9.24. The zero-order valence-electron chi connectivity index (χ0n) is 19.8. The Morgan fingerprint density at radius 3 is 1.94 bits per heavy atom. The lowest BCUT2D eigenvalue weighted by Gasteiger charge is -2.23. The van der Waals surface area contributed by atoms with E-state index in [0.717, 1.165) is 0 Å². The number of carboxylic acid groups (broad SMARTS) is 1. The zero-order valence-corrected chi connectivity index (χ0v) is 20.7. The quantitative estimate of drug-likeness (QED) is 0.271. The first-order valence-corrected chi connectivity index (χ1v) is 12.7. The third-order valence-electron chi connectivity index (χ3n) is 4.48. The highest BCUT2D eigenvalue weighted by Crippen LogP contribution is 2.51. The number of rotatable bonds is 15. The van der Waals surface area contributed by atoms with Crippen molar-refractivity contribution in [3.05, 3.63) is 35.4 Å². The maximum Gasteiger partial charge on any atom is 0.335 e. The molecule has 34 heavy (non-hydrogen) atoms. The molecule has 1 rings (SSSR count). The van der Waals surface area contributed by atoms with Crippen LogP contribution in [0.25, 0.3) is 0 Å². The lowest BCUT2D eigenvalue weighted by atomic mass is 9.95. The van der Waals surface area contributed by atoms with Gasteiger partial charge in [0, 0.05) is 5.56 Å². The van der Waals surface area contributed by atoms with Crippen LogP contribution >= 0.6 is 7.60 Å². The Hall–Kier alpha value is -2.75. The van der Waals surface area contributed by atoms with Crippen molar-refractivity contribution in [2.75, 3.05) is 26.4 Å². The Morgan fingerprint density at radius 2 is 1.47 bits per heavy atom.